The van der Waals surface area contributed by atoms with Crippen LogP contribution in [0.4, 0.5) is 4.79 Å². The van der Waals surface area contributed by atoms with E-state index in [-0.39, 0.29) is 13.1 Å². The molecule has 0 bridgehead atoms. The Labute approximate surface area is 124 Å². The van der Waals surface area contributed by atoms with E-state index in [0.29, 0.717) is 0 Å². The molecule has 120 valence electrons. The van der Waals surface area contributed by atoms with Gasteiger partial charge in [-0.25, -0.2) is 4.79 Å². The second-order valence-electron chi connectivity index (χ2n) is 7.23. The Morgan fingerprint density at radius 2 is 1.38 bits per heavy atom. The number of carbonyl (C=O) groups excluding carboxylic acids is 2. The van der Waals surface area contributed by atoms with Gasteiger partial charge in [-0.2, -0.15) is 0 Å². The Kier molecular flexibility index (Phi) is 4.27. The number of hydrogen-bond donors (Lipinski definition) is 1. The summed E-state index contributed by atoms with van der Waals surface area (Å²) in [5, 5.41) is 9.30. The number of esters is 1. The Bertz CT molecular complexity index is 451. The zero-order valence-electron chi connectivity index (χ0n) is 13.3. The fourth-order valence-corrected chi connectivity index (χ4v) is 1.79. The molecule has 1 saturated heterocycles. The van der Waals surface area contributed by atoms with E-state index in [2.05, 4.69) is 0 Å². The minimum atomic E-state index is -1.70. The van der Waals surface area contributed by atoms with Gasteiger partial charge in [0.1, 0.15) is 11.2 Å². The van der Waals surface area contributed by atoms with Crippen LogP contribution in [0, 0.1) is 5.41 Å². The summed E-state index contributed by atoms with van der Waals surface area (Å²) in [7, 11) is 0. The highest BCUT2D eigenvalue weighted by Crippen LogP contribution is 2.34. The highest BCUT2D eigenvalue weighted by molar-refractivity contribution is 6.02. The fraction of sp³-hybridized carbons (Fsp3) is 0.786. The van der Waals surface area contributed by atoms with E-state index >= 15 is 0 Å². The number of aliphatic carboxylic acids is 1. The normalized spacial score (nSPS) is 17.7. The highest BCUT2D eigenvalue weighted by Gasteiger charge is 2.60. The van der Waals surface area contributed by atoms with Crippen LogP contribution < -0.4 is 0 Å². The minimum Gasteiger partial charge on any atom is -0.480 e. The van der Waals surface area contributed by atoms with Crippen LogP contribution in [-0.2, 0) is 19.1 Å². The van der Waals surface area contributed by atoms with Crippen LogP contribution in [0.3, 0.4) is 0 Å². The van der Waals surface area contributed by atoms with Gasteiger partial charge >= 0.3 is 18.0 Å². The largest absolute Gasteiger partial charge is 0.480 e. The molecule has 0 radical (unpaired) electrons. The van der Waals surface area contributed by atoms with Crippen molar-refractivity contribution in [1.82, 2.24) is 4.90 Å². The van der Waals surface area contributed by atoms with E-state index in [9.17, 15) is 19.5 Å². The van der Waals surface area contributed by atoms with Gasteiger partial charge in [-0.3, -0.25) is 9.59 Å². The van der Waals surface area contributed by atoms with Crippen molar-refractivity contribution < 1.29 is 29.0 Å². The zero-order chi connectivity index (χ0) is 16.6. The number of rotatable bonds is 2. The lowest BCUT2D eigenvalue weighted by molar-refractivity contribution is -0.188. The van der Waals surface area contributed by atoms with Gasteiger partial charge in [-0.05, 0) is 41.5 Å². The SMILES string of the molecule is CC(C)(C)OC(=O)N1CC(C(=O)O)(C(=O)OC(C)(C)C)C1. The molecular weight excluding hydrogens is 278 g/mol. The first kappa shape index (κ1) is 17.3. The van der Waals surface area contributed by atoms with Crippen LogP contribution in [0.25, 0.3) is 0 Å². The van der Waals surface area contributed by atoms with Crippen molar-refractivity contribution in [1.29, 1.82) is 0 Å². The molecule has 1 heterocycles. The van der Waals surface area contributed by atoms with Gasteiger partial charge in [-0.1, -0.05) is 0 Å². The van der Waals surface area contributed by atoms with Crippen molar-refractivity contribution in [3.63, 3.8) is 0 Å². The van der Waals surface area contributed by atoms with Gasteiger partial charge in [-0.15, -0.1) is 0 Å². The maximum absolute atomic E-state index is 12.1. The van der Waals surface area contributed by atoms with Crippen LogP contribution in [0.15, 0.2) is 0 Å². The van der Waals surface area contributed by atoms with Gasteiger partial charge < -0.3 is 19.5 Å². The van der Waals surface area contributed by atoms with Gasteiger partial charge in [0.2, 0.25) is 0 Å². The first-order valence-corrected chi connectivity index (χ1v) is 6.72. The molecule has 7 heteroatoms. The monoisotopic (exact) mass is 301 g/mol. The van der Waals surface area contributed by atoms with Gasteiger partial charge in [0.15, 0.2) is 5.41 Å². The number of ether oxygens (including phenoxy) is 2. The summed E-state index contributed by atoms with van der Waals surface area (Å²) in [4.78, 5) is 36.5. The average Bonchev–Trinajstić information content (AvgIpc) is 2.07. The number of nitrogens with zero attached hydrogens (tertiary/aromatic N) is 1. The first-order chi connectivity index (χ1) is 9.27. The smallest absolute Gasteiger partial charge is 0.410 e. The summed E-state index contributed by atoms with van der Waals surface area (Å²) >= 11 is 0. The molecule has 0 aromatic heterocycles. The van der Waals surface area contributed by atoms with Gasteiger partial charge in [0.25, 0.3) is 0 Å². The maximum atomic E-state index is 12.1. The van der Waals surface area contributed by atoms with E-state index in [1.807, 2.05) is 0 Å². The second kappa shape index (κ2) is 5.20. The lowest BCUT2D eigenvalue weighted by Gasteiger charge is -2.45. The zero-order valence-corrected chi connectivity index (χ0v) is 13.3. The number of carbonyl (C=O) groups is 3. The third-order valence-corrected chi connectivity index (χ3v) is 2.77. The quantitative estimate of drug-likeness (QED) is 0.615. The predicted molar refractivity (Wildman–Crippen MR) is 73.7 cm³/mol. The summed E-state index contributed by atoms with van der Waals surface area (Å²) in [5.74, 6) is -2.13. The molecule has 0 atom stereocenters. The average molecular weight is 301 g/mol. The van der Waals surface area contributed by atoms with E-state index in [0.717, 1.165) is 0 Å². The number of amides is 1. The molecule has 1 fully saturated rings. The molecule has 0 saturated carbocycles. The third-order valence-electron chi connectivity index (χ3n) is 2.77. The molecule has 0 unspecified atom stereocenters. The Morgan fingerprint density at radius 1 is 0.952 bits per heavy atom. The number of carboxylic acids is 1. The number of hydrogen-bond acceptors (Lipinski definition) is 5. The molecule has 0 aliphatic carbocycles. The Balaban J connectivity index is 2.76. The van der Waals surface area contributed by atoms with E-state index in [4.69, 9.17) is 9.47 Å². The number of likely N-dealkylation sites (tertiary alicyclic amines) is 1. The van der Waals surface area contributed by atoms with E-state index < -0.39 is 34.6 Å². The molecule has 1 rings (SSSR count). The van der Waals surface area contributed by atoms with Crippen molar-refractivity contribution in [2.24, 2.45) is 5.41 Å². The van der Waals surface area contributed by atoms with Gasteiger partial charge in [0.05, 0.1) is 13.1 Å². The maximum Gasteiger partial charge on any atom is 0.410 e. The summed E-state index contributed by atoms with van der Waals surface area (Å²) in [5.41, 5.74) is -3.17. The molecule has 0 spiro atoms. The second-order valence-corrected chi connectivity index (χ2v) is 7.23. The van der Waals surface area contributed by atoms with E-state index in [1.54, 1.807) is 41.5 Å². The molecule has 1 amide bonds. The van der Waals surface area contributed by atoms with Crippen molar-refractivity contribution in [3.8, 4) is 0 Å². The molecule has 1 aliphatic heterocycles. The minimum absolute atomic E-state index is 0.244. The summed E-state index contributed by atoms with van der Waals surface area (Å²) in [6, 6.07) is 0. The lowest BCUT2D eigenvalue weighted by atomic mass is 9.80. The molecule has 0 aromatic carbocycles. The Morgan fingerprint density at radius 3 is 1.71 bits per heavy atom. The summed E-state index contributed by atoms with van der Waals surface area (Å²) < 4.78 is 10.3. The first-order valence-electron chi connectivity index (χ1n) is 6.72. The molecule has 1 N–H and O–H groups in total. The number of carboxylic acid groups (broad SMARTS) is 1. The van der Waals surface area contributed by atoms with Gasteiger partial charge in [0, 0.05) is 0 Å². The standard InChI is InChI=1S/C14H23NO6/c1-12(2,3)20-10(18)14(9(16)17)7-15(8-14)11(19)21-13(4,5)6/h7-8H2,1-6H3,(H,16,17). The third kappa shape index (κ3) is 4.09. The highest BCUT2D eigenvalue weighted by atomic mass is 16.6. The predicted octanol–water partition coefficient (Wildman–Crippen LogP) is 1.65. The summed E-state index contributed by atoms with van der Waals surface area (Å²) in [6.07, 6.45) is -0.636. The Hall–Kier alpha value is -1.79. The molecule has 1 aliphatic rings. The molecule has 21 heavy (non-hydrogen) atoms. The van der Waals surface area contributed by atoms with E-state index in [1.165, 1.54) is 4.90 Å². The fourth-order valence-electron chi connectivity index (χ4n) is 1.79. The van der Waals surface area contributed by atoms with Crippen molar-refractivity contribution in [2.75, 3.05) is 13.1 Å². The molecular formula is C14H23NO6. The molecule has 7 nitrogen and oxygen atoms in total. The molecule has 0 aromatic rings. The van der Waals surface area contributed by atoms with Crippen LogP contribution >= 0.6 is 0 Å². The van der Waals surface area contributed by atoms with Crippen LogP contribution in [0.2, 0.25) is 0 Å². The summed E-state index contributed by atoms with van der Waals surface area (Å²) in [6.45, 7) is 9.62. The van der Waals surface area contributed by atoms with Crippen LogP contribution in [-0.4, -0.2) is 52.3 Å². The van der Waals surface area contributed by atoms with Crippen LogP contribution in [0.1, 0.15) is 41.5 Å². The van der Waals surface area contributed by atoms with Crippen molar-refractivity contribution in [3.05, 3.63) is 0 Å². The lowest BCUT2D eigenvalue weighted by Crippen LogP contribution is -2.67. The topological polar surface area (TPSA) is 93.1 Å². The van der Waals surface area contributed by atoms with Crippen LogP contribution in [0.5, 0.6) is 0 Å². The van der Waals surface area contributed by atoms with Crippen molar-refractivity contribution in [2.45, 2.75) is 52.7 Å². The van der Waals surface area contributed by atoms with Crippen molar-refractivity contribution >= 4 is 18.0 Å².